The molecule has 3 rings (SSSR count). The van der Waals surface area contributed by atoms with E-state index in [1.54, 1.807) is 22.8 Å². The van der Waals surface area contributed by atoms with Crippen molar-refractivity contribution >= 4 is 29.0 Å². The first kappa shape index (κ1) is 19.5. The van der Waals surface area contributed by atoms with Crippen LogP contribution in [0.2, 0.25) is 0 Å². The molecule has 0 radical (unpaired) electrons. The topological polar surface area (TPSA) is 66.9 Å². The van der Waals surface area contributed by atoms with Crippen LogP contribution in [0.15, 0.2) is 34.6 Å². The lowest BCUT2D eigenvalue weighted by atomic mass is 9.97. The highest BCUT2D eigenvalue weighted by molar-refractivity contribution is 7.71. The Hall–Kier alpha value is -2.21. The zero-order valence-corrected chi connectivity index (χ0v) is 16.7. The van der Waals surface area contributed by atoms with Crippen molar-refractivity contribution in [3.8, 4) is 0 Å². The summed E-state index contributed by atoms with van der Waals surface area (Å²) in [5, 5.41) is 3.45. The van der Waals surface area contributed by atoms with E-state index in [1.165, 1.54) is 18.4 Å². The standard InChI is InChI=1S/C21H27N3O2S/c1-2-3-12-22-19(25)16-9-10-17-18(14-16)23-21(27)24(20(17)26)13-11-15-7-5-4-6-8-15/h7,9-10,14H,2-6,8,11-13H2,1H3,(H,22,25)(H,23,27). The summed E-state index contributed by atoms with van der Waals surface area (Å²) in [5.74, 6) is -0.127. The zero-order valence-electron chi connectivity index (χ0n) is 15.8. The van der Waals surface area contributed by atoms with E-state index in [9.17, 15) is 9.59 Å². The summed E-state index contributed by atoms with van der Waals surface area (Å²) in [6, 6.07) is 5.13. The van der Waals surface area contributed by atoms with Gasteiger partial charge in [0.15, 0.2) is 4.77 Å². The maximum absolute atomic E-state index is 12.9. The molecule has 0 bridgehead atoms. The fraction of sp³-hybridized carbons (Fsp3) is 0.476. The Morgan fingerprint density at radius 3 is 2.93 bits per heavy atom. The average molecular weight is 386 g/mol. The number of H-pyrrole nitrogens is 1. The van der Waals surface area contributed by atoms with Crippen molar-refractivity contribution in [3.05, 3.63) is 50.5 Å². The number of aromatic nitrogens is 2. The van der Waals surface area contributed by atoms with Gasteiger partial charge in [-0.05, 0) is 68.9 Å². The van der Waals surface area contributed by atoms with Crippen molar-refractivity contribution < 1.29 is 4.79 Å². The second-order valence-corrected chi connectivity index (χ2v) is 7.50. The molecule has 0 aliphatic heterocycles. The summed E-state index contributed by atoms with van der Waals surface area (Å²) in [5.41, 5.74) is 2.47. The van der Waals surface area contributed by atoms with Crippen LogP contribution in [-0.4, -0.2) is 22.0 Å². The molecule has 6 heteroatoms. The molecule has 1 aromatic heterocycles. The minimum absolute atomic E-state index is 0.0944. The normalized spacial score (nSPS) is 14.2. The first-order chi connectivity index (χ1) is 13.1. The fourth-order valence-corrected chi connectivity index (χ4v) is 3.75. The van der Waals surface area contributed by atoms with Crippen molar-refractivity contribution in [1.29, 1.82) is 0 Å². The lowest BCUT2D eigenvalue weighted by Gasteiger charge is -2.14. The highest BCUT2D eigenvalue weighted by Gasteiger charge is 2.11. The van der Waals surface area contributed by atoms with Crippen LogP contribution in [0.4, 0.5) is 0 Å². The molecule has 0 spiro atoms. The van der Waals surface area contributed by atoms with Gasteiger partial charge in [0, 0.05) is 18.7 Å². The van der Waals surface area contributed by atoms with Gasteiger partial charge in [-0.1, -0.05) is 25.0 Å². The molecular weight excluding hydrogens is 358 g/mol. The van der Waals surface area contributed by atoms with Crippen LogP contribution in [0.5, 0.6) is 0 Å². The predicted molar refractivity (Wildman–Crippen MR) is 112 cm³/mol. The van der Waals surface area contributed by atoms with E-state index >= 15 is 0 Å². The lowest BCUT2D eigenvalue weighted by Crippen LogP contribution is -2.25. The summed E-state index contributed by atoms with van der Waals surface area (Å²) in [4.78, 5) is 28.2. The smallest absolute Gasteiger partial charge is 0.262 e. The van der Waals surface area contributed by atoms with E-state index in [2.05, 4.69) is 23.3 Å². The Kier molecular flexibility index (Phi) is 6.61. The quantitative estimate of drug-likeness (QED) is 0.419. The van der Waals surface area contributed by atoms with Crippen molar-refractivity contribution in [1.82, 2.24) is 14.9 Å². The van der Waals surface area contributed by atoms with Crippen LogP contribution >= 0.6 is 12.2 Å². The first-order valence-electron chi connectivity index (χ1n) is 9.83. The third-order valence-corrected chi connectivity index (χ3v) is 5.42. The number of aromatic amines is 1. The Morgan fingerprint density at radius 2 is 2.19 bits per heavy atom. The van der Waals surface area contributed by atoms with Crippen molar-refractivity contribution in [2.45, 2.75) is 58.4 Å². The van der Waals surface area contributed by atoms with E-state index in [-0.39, 0.29) is 11.5 Å². The van der Waals surface area contributed by atoms with Gasteiger partial charge >= 0.3 is 0 Å². The monoisotopic (exact) mass is 385 g/mol. The molecule has 0 saturated carbocycles. The van der Waals surface area contributed by atoms with Crippen molar-refractivity contribution in [2.75, 3.05) is 6.54 Å². The molecular formula is C21H27N3O2S. The minimum Gasteiger partial charge on any atom is -0.352 e. The Balaban J connectivity index is 1.83. The summed E-state index contributed by atoms with van der Waals surface area (Å²) in [6.45, 7) is 3.33. The summed E-state index contributed by atoms with van der Waals surface area (Å²) in [6.07, 6.45) is 9.88. The molecule has 5 nitrogen and oxygen atoms in total. The van der Waals surface area contributed by atoms with Gasteiger partial charge in [0.05, 0.1) is 10.9 Å². The van der Waals surface area contributed by atoms with Crippen molar-refractivity contribution in [2.24, 2.45) is 0 Å². The number of hydrogen-bond donors (Lipinski definition) is 2. The molecule has 0 fully saturated rings. The van der Waals surface area contributed by atoms with E-state index < -0.39 is 0 Å². The molecule has 144 valence electrons. The highest BCUT2D eigenvalue weighted by atomic mass is 32.1. The number of rotatable bonds is 7. The lowest BCUT2D eigenvalue weighted by molar-refractivity contribution is 0.0953. The van der Waals surface area contributed by atoms with Gasteiger partial charge in [0.25, 0.3) is 11.5 Å². The average Bonchev–Trinajstić information content (AvgIpc) is 2.68. The molecule has 27 heavy (non-hydrogen) atoms. The number of allylic oxidation sites excluding steroid dienone is 2. The van der Waals surface area contributed by atoms with Crippen LogP contribution in [0.3, 0.4) is 0 Å². The van der Waals surface area contributed by atoms with Crippen LogP contribution < -0.4 is 10.9 Å². The molecule has 1 aliphatic rings. The number of nitrogens with zero attached hydrogens (tertiary/aromatic N) is 1. The second-order valence-electron chi connectivity index (χ2n) is 7.11. The third-order valence-electron chi connectivity index (χ3n) is 5.10. The van der Waals surface area contributed by atoms with Gasteiger partial charge in [0.2, 0.25) is 0 Å². The number of hydrogen-bond acceptors (Lipinski definition) is 3. The largest absolute Gasteiger partial charge is 0.352 e. The molecule has 0 unspecified atom stereocenters. The summed E-state index contributed by atoms with van der Waals surface area (Å²) >= 11 is 5.42. The van der Waals surface area contributed by atoms with E-state index in [4.69, 9.17) is 12.2 Å². The maximum Gasteiger partial charge on any atom is 0.262 e. The second kappa shape index (κ2) is 9.13. The number of carbonyl (C=O) groups excluding carboxylic acids is 1. The zero-order chi connectivity index (χ0) is 19.2. The highest BCUT2D eigenvalue weighted by Crippen LogP contribution is 2.20. The molecule has 1 heterocycles. The first-order valence-corrected chi connectivity index (χ1v) is 10.2. The summed E-state index contributed by atoms with van der Waals surface area (Å²) in [7, 11) is 0. The van der Waals surface area contributed by atoms with E-state index in [0.717, 1.165) is 32.1 Å². The van der Waals surface area contributed by atoms with Gasteiger partial charge in [-0.25, -0.2) is 0 Å². The SMILES string of the molecule is CCCCNC(=O)c1ccc2c(=O)n(CCC3=CCCCC3)c(=S)[nH]c2c1. The van der Waals surface area contributed by atoms with Crippen LogP contribution in [0, 0.1) is 4.77 Å². The minimum atomic E-state index is -0.127. The van der Waals surface area contributed by atoms with Gasteiger partial charge in [-0.15, -0.1) is 0 Å². The summed E-state index contributed by atoms with van der Waals surface area (Å²) < 4.78 is 2.04. The van der Waals surface area contributed by atoms with E-state index in [0.29, 0.717) is 34.3 Å². The molecule has 0 atom stereocenters. The number of unbranched alkanes of at least 4 members (excludes halogenated alkanes) is 1. The van der Waals surface area contributed by atoms with Gasteiger partial charge in [0.1, 0.15) is 0 Å². The molecule has 0 saturated heterocycles. The van der Waals surface area contributed by atoms with Gasteiger partial charge in [-0.2, -0.15) is 0 Å². The van der Waals surface area contributed by atoms with E-state index in [1.807, 2.05) is 0 Å². The predicted octanol–water partition coefficient (Wildman–Crippen LogP) is 4.48. The Bertz CT molecular complexity index is 972. The fourth-order valence-electron chi connectivity index (χ4n) is 3.47. The third kappa shape index (κ3) is 4.75. The maximum atomic E-state index is 12.9. The number of nitrogens with one attached hydrogen (secondary N) is 2. The molecule has 1 aliphatic carbocycles. The molecule has 2 aromatic rings. The Labute approximate surface area is 164 Å². The number of fused-ring (bicyclic) bond motifs is 1. The van der Waals surface area contributed by atoms with Gasteiger partial charge < -0.3 is 10.3 Å². The molecule has 1 aromatic carbocycles. The Morgan fingerprint density at radius 1 is 1.33 bits per heavy atom. The van der Waals surface area contributed by atoms with Gasteiger partial charge in [-0.3, -0.25) is 14.2 Å². The van der Waals surface area contributed by atoms with Crippen molar-refractivity contribution in [3.63, 3.8) is 0 Å². The molecule has 1 amide bonds. The number of amides is 1. The van der Waals surface area contributed by atoms with Crippen LogP contribution in [-0.2, 0) is 6.54 Å². The van der Waals surface area contributed by atoms with Crippen LogP contribution in [0.1, 0.15) is 62.2 Å². The number of benzene rings is 1. The number of carbonyl (C=O) groups is 1. The van der Waals surface area contributed by atoms with Crippen LogP contribution in [0.25, 0.3) is 10.9 Å². The molecule has 2 N–H and O–H groups in total.